The van der Waals surface area contributed by atoms with Crippen LogP contribution >= 0.6 is 24.2 Å². The van der Waals surface area contributed by atoms with Crippen LogP contribution in [0.1, 0.15) is 15.9 Å². The monoisotopic (exact) mass is 302 g/mol. The summed E-state index contributed by atoms with van der Waals surface area (Å²) in [5.74, 6) is -0.226. The van der Waals surface area contributed by atoms with Crippen LogP contribution in [0.2, 0.25) is 5.02 Å². The maximum atomic E-state index is 12.4. The van der Waals surface area contributed by atoms with Crippen LogP contribution in [0, 0.1) is 11.3 Å². The van der Waals surface area contributed by atoms with Crippen molar-refractivity contribution in [3.05, 3.63) is 58.6 Å². The first-order valence-electron chi connectivity index (χ1n) is 5.79. The Morgan fingerprint density at radius 1 is 1.25 bits per heavy atom. The summed E-state index contributed by atoms with van der Waals surface area (Å²) in [6.07, 6.45) is 0. The molecule has 2 aromatic carbocycles. The second-order valence-corrected chi connectivity index (χ2v) is 5.11. The molecule has 100 valence electrons. The van der Waals surface area contributed by atoms with Gasteiger partial charge in [-0.05, 0) is 42.5 Å². The van der Waals surface area contributed by atoms with Crippen LogP contribution in [-0.2, 0) is 0 Å². The zero-order chi connectivity index (χ0) is 14.7. The number of carbonyl (C=O) groups excluding carboxylic acids is 1. The van der Waals surface area contributed by atoms with Gasteiger partial charge in [0.1, 0.15) is 0 Å². The molecular formula is C15H11ClN2OS. The summed E-state index contributed by atoms with van der Waals surface area (Å²) < 4.78 is 0. The van der Waals surface area contributed by atoms with E-state index in [1.54, 1.807) is 49.5 Å². The second-order valence-electron chi connectivity index (χ2n) is 4.19. The maximum Gasteiger partial charge on any atom is 0.259 e. The molecule has 0 aliphatic carbocycles. The highest BCUT2D eigenvalue weighted by molar-refractivity contribution is 7.80. The molecule has 0 unspecified atom stereocenters. The van der Waals surface area contributed by atoms with Crippen LogP contribution in [0.3, 0.4) is 0 Å². The Bertz CT molecular complexity index is 692. The van der Waals surface area contributed by atoms with Crippen LogP contribution in [0.15, 0.2) is 47.4 Å². The smallest absolute Gasteiger partial charge is 0.259 e. The third-order valence-electron chi connectivity index (χ3n) is 2.87. The van der Waals surface area contributed by atoms with Crippen molar-refractivity contribution in [2.75, 3.05) is 11.9 Å². The summed E-state index contributed by atoms with van der Waals surface area (Å²) in [6.45, 7) is 0. The fourth-order valence-corrected chi connectivity index (χ4v) is 2.14. The lowest BCUT2D eigenvalue weighted by molar-refractivity contribution is 0.0993. The van der Waals surface area contributed by atoms with Crippen molar-refractivity contribution in [3.63, 3.8) is 0 Å². The molecule has 0 spiro atoms. The number of rotatable bonds is 2. The van der Waals surface area contributed by atoms with Crippen molar-refractivity contribution in [2.24, 2.45) is 0 Å². The summed E-state index contributed by atoms with van der Waals surface area (Å²) in [5.41, 5.74) is 1.63. The van der Waals surface area contributed by atoms with Crippen molar-refractivity contribution >= 4 is 35.8 Å². The molecule has 1 amide bonds. The lowest BCUT2D eigenvalue weighted by Gasteiger charge is -2.18. The molecule has 5 heteroatoms. The van der Waals surface area contributed by atoms with Crippen LogP contribution in [0.5, 0.6) is 0 Å². The normalized spacial score (nSPS) is 9.90. The lowest BCUT2D eigenvalue weighted by Crippen LogP contribution is -2.26. The molecule has 0 bridgehead atoms. The molecule has 3 nitrogen and oxygen atoms in total. The van der Waals surface area contributed by atoms with E-state index in [1.807, 2.05) is 6.07 Å². The maximum absolute atomic E-state index is 12.4. The minimum Gasteiger partial charge on any atom is -0.311 e. The number of hydrogen-bond acceptors (Lipinski definition) is 3. The third kappa shape index (κ3) is 2.96. The van der Waals surface area contributed by atoms with Crippen LogP contribution in [0.4, 0.5) is 5.69 Å². The SMILES string of the molecule is CN(C(=O)c1cc(S)ccc1Cl)c1ccc(C#N)cc1. The molecule has 0 atom stereocenters. The molecule has 0 heterocycles. The van der Waals surface area contributed by atoms with Gasteiger partial charge in [0.25, 0.3) is 5.91 Å². The average molecular weight is 303 g/mol. The highest BCUT2D eigenvalue weighted by atomic mass is 35.5. The number of hydrogen-bond donors (Lipinski definition) is 1. The molecule has 2 aromatic rings. The Morgan fingerprint density at radius 3 is 2.50 bits per heavy atom. The molecule has 0 aliphatic rings. The van der Waals surface area contributed by atoms with E-state index in [9.17, 15) is 4.79 Å². The van der Waals surface area contributed by atoms with Gasteiger partial charge in [-0.25, -0.2) is 0 Å². The van der Waals surface area contributed by atoms with Crippen molar-refractivity contribution < 1.29 is 4.79 Å². The van der Waals surface area contributed by atoms with E-state index in [4.69, 9.17) is 16.9 Å². The predicted octanol–water partition coefficient (Wildman–Crippen LogP) is 3.78. The van der Waals surface area contributed by atoms with Gasteiger partial charge in [-0.3, -0.25) is 4.79 Å². The zero-order valence-electron chi connectivity index (χ0n) is 10.7. The number of benzene rings is 2. The Morgan fingerprint density at radius 2 is 1.90 bits per heavy atom. The van der Waals surface area contributed by atoms with E-state index in [2.05, 4.69) is 12.6 Å². The largest absolute Gasteiger partial charge is 0.311 e. The van der Waals surface area contributed by atoms with E-state index in [1.165, 1.54) is 4.90 Å². The topological polar surface area (TPSA) is 44.1 Å². The summed E-state index contributed by atoms with van der Waals surface area (Å²) in [7, 11) is 1.66. The van der Waals surface area contributed by atoms with Gasteiger partial charge in [0, 0.05) is 17.6 Å². The molecule has 0 saturated heterocycles. The Hall–Kier alpha value is -1.96. The number of halogens is 1. The first-order chi connectivity index (χ1) is 9.52. The van der Waals surface area contributed by atoms with Crippen molar-refractivity contribution in [1.82, 2.24) is 0 Å². The number of carbonyl (C=O) groups is 1. The number of thiol groups is 1. The summed E-state index contributed by atoms with van der Waals surface area (Å²) in [4.78, 5) is 14.6. The minimum absolute atomic E-state index is 0.226. The van der Waals surface area contributed by atoms with E-state index in [-0.39, 0.29) is 5.91 Å². The highest BCUT2D eigenvalue weighted by Gasteiger charge is 2.16. The number of nitriles is 1. The Labute approximate surface area is 127 Å². The van der Waals surface area contributed by atoms with Gasteiger partial charge < -0.3 is 4.90 Å². The second kappa shape index (κ2) is 6.00. The van der Waals surface area contributed by atoms with Crippen LogP contribution in [0.25, 0.3) is 0 Å². The first kappa shape index (κ1) is 14.4. The highest BCUT2D eigenvalue weighted by Crippen LogP contribution is 2.23. The van der Waals surface area contributed by atoms with Gasteiger partial charge in [-0.1, -0.05) is 11.6 Å². The van der Waals surface area contributed by atoms with Crippen molar-refractivity contribution in [1.29, 1.82) is 5.26 Å². The molecule has 0 fully saturated rings. The van der Waals surface area contributed by atoms with Gasteiger partial charge >= 0.3 is 0 Å². The quantitative estimate of drug-likeness (QED) is 0.858. The van der Waals surface area contributed by atoms with E-state index in [0.29, 0.717) is 26.7 Å². The molecule has 0 saturated carbocycles. The lowest BCUT2D eigenvalue weighted by atomic mass is 10.1. The molecule has 0 N–H and O–H groups in total. The Balaban J connectivity index is 2.32. The number of amides is 1. The van der Waals surface area contributed by atoms with Gasteiger partial charge in [-0.2, -0.15) is 5.26 Å². The molecule has 20 heavy (non-hydrogen) atoms. The van der Waals surface area contributed by atoms with E-state index in [0.717, 1.165) is 0 Å². The molecular weight excluding hydrogens is 292 g/mol. The fourth-order valence-electron chi connectivity index (χ4n) is 1.73. The van der Waals surface area contributed by atoms with Gasteiger partial charge in [0.15, 0.2) is 0 Å². The first-order valence-corrected chi connectivity index (χ1v) is 6.62. The number of anilines is 1. The third-order valence-corrected chi connectivity index (χ3v) is 3.48. The predicted molar refractivity (Wildman–Crippen MR) is 82.6 cm³/mol. The number of nitrogens with zero attached hydrogens (tertiary/aromatic N) is 2. The van der Waals surface area contributed by atoms with Crippen molar-refractivity contribution in [2.45, 2.75) is 4.90 Å². The fraction of sp³-hybridized carbons (Fsp3) is 0.0667. The van der Waals surface area contributed by atoms with Crippen LogP contribution < -0.4 is 4.90 Å². The van der Waals surface area contributed by atoms with Gasteiger partial charge in [0.05, 0.1) is 22.2 Å². The minimum atomic E-state index is -0.226. The van der Waals surface area contributed by atoms with E-state index >= 15 is 0 Å². The summed E-state index contributed by atoms with van der Waals surface area (Å²) in [6, 6.07) is 13.8. The van der Waals surface area contributed by atoms with E-state index < -0.39 is 0 Å². The summed E-state index contributed by atoms with van der Waals surface area (Å²) in [5, 5.41) is 9.15. The average Bonchev–Trinajstić information content (AvgIpc) is 2.48. The van der Waals surface area contributed by atoms with Crippen molar-refractivity contribution in [3.8, 4) is 6.07 Å². The standard InChI is InChI=1S/C15H11ClN2OS/c1-18(11-4-2-10(9-17)3-5-11)15(19)13-8-12(20)6-7-14(13)16/h2-8,20H,1H3. The zero-order valence-corrected chi connectivity index (χ0v) is 12.3. The molecule has 0 aliphatic heterocycles. The van der Waals surface area contributed by atoms with Crippen LogP contribution in [-0.4, -0.2) is 13.0 Å². The molecule has 0 aromatic heterocycles. The van der Waals surface area contributed by atoms with Gasteiger partial charge in [0.2, 0.25) is 0 Å². The van der Waals surface area contributed by atoms with Gasteiger partial charge in [-0.15, -0.1) is 12.6 Å². The molecule has 2 rings (SSSR count). The Kier molecular flexibility index (Phi) is 4.33. The summed E-state index contributed by atoms with van der Waals surface area (Å²) >= 11 is 10.3. The molecule has 0 radical (unpaired) electrons.